The fourth-order valence-electron chi connectivity index (χ4n) is 2.04. The van der Waals surface area contributed by atoms with Gasteiger partial charge in [-0.05, 0) is 18.6 Å². The van der Waals surface area contributed by atoms with Crippen molar-refractivity contribution in [3.63, 3.8) is 0 Å². The van der Waals surface area contributed by atoms with Gasteiger partial charge in [-0.25, -0.2) is 0 Å². The Morgan fingerprint density at radius 2 is 2.56 bits per heavy atom. The third-order valence-electron chi connectivity index (χ3n) is 3.15. The molecule has 0 aromatic carbocycles. The molecule has 0 bridgehead atoms. The summed E-state index contributed by atoms with van der Waals surface area (Å²) in [6, 6.07) is 3.32. The van der Waals surface area contributed by atoms with Crippen molar-refractivity contribution in [2.24, 2.45) is 5.73 Å². The summed E-state index contributed by atoms with van der Waals surface area (Å²) in [5, 5.41) is 0. The van der Waals surface area contributed by atoms with E-state index in [0.717, 1.165) is 18.7 Å². The number of amides is 1. The highest BCUT2D eigenvalue weighted by atomic mass is 16.5. The van der Waals surface area contributed by atoms with E-state index in [1.807, 2.05) is 19.1 Å². The zero-order valence-corrected chi connectivity index (χ0v) is 10.6. The summed E-state index contributed by atoms with van der Waals surface area (Å²) in [5.74, 6) is 0.770. The zero-order chi connectivity index (χ0) is 13.0. The lowest BCUT2D eigenvalue weighted by Gasteiger charge is -2.20. The van der Waals surface area contributed by atoms with Crippen LogP contribution in [0.3, 0.4) is 0 Å². The Hall–Kier alpha value is -1.62. The molecular weight excluding hydrogens is 230 g/mol. The Kier molecular flexibility index (Phi) is 4.15. The molecule has 1 aliphatic rings. The van der Waals surface area contributed by atoms with E-state index in [9.17, 15) is 4.79 Å². The van der Waals surface area contributed by atoms with Gasteiger partial charge < -0.3 is 15.4 Å². The average molecular weight is 249 g/mol. The number of ether oxygens (including phenoxy) is 1. The monoisotopic (exact) mass is 249 g/mol. The Labute approximate surface area is 107 Å². The van der Waals surface area contributed by atoms with Gasteiger partial charge in [0.25, 0.3) is 0 Å². The number of carbonyl (C=O) groups is 1. The van der Waals surface area contributed by atoms with Crippen molar-refractivity contribution in [2.75, 3.05) is 13.1 Å². The standard InChI is InChI=1S/C13H19N3O2/c1-2-12(14)13(17)16-7-5-11(9-16)18-10-4-3-6-15-8-10/h3-4,6,8,11-12H,2,5,7,9,14H2,1H3/t11-,12+/m1/s1. The van der Waals surface area contributed by atoms with Gasteiger partial charge in [0.05, 0.1) is 18.8 Å². The Bertz CT molecular complexity index is 396. The summed E-state index contributed by atoms with van der Waals surface area (Å²) in [7, 11) is 0. The van der Waals surface area contributed by atoms with Gasteiger partial charge in [-0.2, -0.15) is 0 Å². The summed E-state index contributed by atoms with van der Waals surface area (Å²) in [6.07, 6.45) is 4.95. The smallest absolute Gasteiger partial charge is 0.239 e. The molecule has 0 radical (unpaired) electrons. The highest BCUT2D eigenvalue weighted by molar-refractivity contribution is 5.81. The van der Waals surface area contributed by atoms with Crippen molar-refractivity contribution < 1.29 is 9.53 Å². The van der Waals surface area contributed by atoms with Crippen LogP contribution in [-0.4, -0.2) is 41.0 Å². The first-order valence-corrected chi connectivity index (χ1v) is 6.31. The Morgan fingerprint density at radius 1 is 1.72 bits per heavy atom. The van der Waals surface area contributed by atoms with Crippen molar-refractivity contribution >= 4 is 5.91 Å². The number of hydrogen-bond donors (Lipinski definition) is 1. The number of aromatic nitrogens is 1. The summed E-state index contributed by atoms with van der Waals surface area (Å²) in [4.78, 5) is 17.7. The number of nitrogens with two attached hydrogens (primary N) is 1. The van der Waals surface area contributed by atoms with E-state index in [4.69, 9.17) is 10.5 Å². The molecule has 2 N–H and O–H groups in total. The lowest BCUT2D eigenvalue weighted by atomic mass is 10.2. The maximum atomic E-state index is 11.9. The summed E-state index contributed by atoms with van der Waals surface area (Å²) < 4.78 is 5.77. The third kappa shape index (κ3) is 2.98. The lowest BCUT2D eigenvalue weighted by molar-refractivity contribution is -0.131. The van der Waals surface area contributed by atoms with E-state index in [0.29, 0.717) is 13.0 Å². The normalized spacial score (nSPS) is 20.8. The van der Waals surface area contributed by atoms with Gasteiger partial charge in [-0.15, -0.1) is 0 Å². The highest BCUT2D eigenvalue weighted by Crippen LogP contribution is 2.17. The predicted molar refractivity (Wildman–Crippen MR) is 68.1 cm³/mol. The van der Waals surface area contributed by atoms with Crippen LogP contribution in [0.1, 0.15) is 19.8 Å². The van der Waals surface area contributed by atoms with E-state index >= 15 is 0 Å². The van der Waals surface area contributed by atoms with Gasteiger partial charge in [0, 0.05) is 19.2 Å². The van der Waals surface area contributed by atoms with Crippen LogP contribution in [0, 0.1) is 0 Å². The van der Waals surface area contributed by atoms with Crippen molar-refractivity contribution in [2.45, 2.75) is 31.9 Å². The molecule has 0 saturated carbocycles. The first-order valence-electron chi connectivity index (χ1n) is 6.31. The molecule has 5 heteroatoms. The lowest BCUT2D eigenvalue weighted by Crippen LogP contribution is -2.42. The van der Waals surface area contributed by atoms with Crippen LogP contribution in [0.15, 0.2) is 24.5 Å². The van der Waals surface area contributed by atoms with Crippen LogP contribution in [0.2, 0.25) is 0 Å². The minimum Gasteiger partial charge on any atom is -0.487 e. The van der Waals surface area contributed by atoms with Crippen molar-refractivity contribution in [1.82, 2.24) is 9.88 Å². The molecule has 5 nitrogen and oxygen atoms in total. The summed E-state index contributed by atoms with van der Waals surface area (Å²) >= 11 is 0. The highest BCUT2D eigenvalue weighted by Gasteiger charge is 2.29. The van der Waals surface area contributed by atoms with Crippen LogP contribution in [0.25, 0.3) is 0 Å². The van der Waals surface area contributed by atoms with Crippen LogP contribution >= 0.6 is 0 Å². The van der Waals surface area contributed by atoms with Crippen molar-refractivity contribution in [3.05, 3.63) is 24.5 Å². The fourth-order valence-corrected chi connectivity index (χ4v) is 2.04. The molecular formula is C13H19N3O2. The molecule has 2 heterocycles. The van der Waals surface area contributed by atoms with E-state index in [1.165, 1.54) is 0 Å². The van der Waals surface area contributed by atoms with Crippen molar-refractivity contribution in [1.29, 1.82) is 0 Å². The molecule has 1 saturated heterocycles. The largest absolute Gasteiger partial charge is 0.487 e. The molecule has 1 fully saturated rings. The number of hydrogen-bond acceptors (Lipinski definition) is 4. The second kappa shape index (κ2) is 5.82. The molecule has 18 heavy (non-hydrogen) atoms. The van der Waals surface area contributed by atoms with Crippen LogP contribution in [0.5, 0.6) is 5.75 Å². The molecule has 0 spiro atoms. The number of likely N-dealkylation sites (tertiary alicyclic amines) is 1. The van der Waals surface area contributed by atoms with Gasteiger partial charge in [0.2, 0.25) is 5.91 Å². The van der Waals surface area contributed by atoms with Gasteiger partial charge in [0.1, 0.15) is 11.9 Å². The van der Waals surface area contributed by atoms with Crippen LogP contribution < -0.4 is 10.5 Å². The van der Waals surface area contributed by atoms with Crippen LogP contribution in [0.4, 0.5) is 0 Å². The molecule has 1 aromatic rings. The molecule has 1 aliphatic heterocycles. The molecule has 98 valence electrons. The molecule has 2 rings (SSSR count). The van der Waals surface area contributed by atoms with E-state index in [2.05, 4.69) is 4.98 Å². The number of nitrogens with zero attached hydrogens (tertiary/aromatic N) is 2. The molecule has 0 aliphatic carbocycles. The first-order chi connectivity index (χ1) is 8.70. The molecule has 2 atom stereocenters. The van der Waals surface area contributed by atoms with Crippen LogP contribution in [-0.2, 0) is 4.79 Å². The summed E-state index contributed by atoms with van der Waals surface area (Å²) in [5.41, 5.74) is 5.75. The number of pyridine rings is 1. The SMILES string of the molecule is CC[C@H](N)C(=O)N1CC[C@@H](Oc2cccnc2)C1. The quantitative estimate of drug-likeness (QED) is 0.857. The minimum absolute atomic E-state index is 0.0230. The maximum Gasteiger partial charge on any atom is 0.239 e. The number of rotatable bonds is 4. The number of carbonyl (C=O) groups excluding carboxylic acids is 1. The maximum absolute atomic E-state index is 11.9. The molecule has 1 aromatic heterocycles. The van der Waals surface area contributed by atoms with Gasteiger partial charge in [-0.3, -0.25) is 9.78 Å². The molecule has 0 unspecified atom stereocenters. The second-order valence-electron chi connectivity index (χ2n) is 4.52. The van der Waals surface area contributed by atoms with E-state index < -0.39 is 0 Å². The average Bonchev–Trinajstić information content (AvgIpc) is 2.86. The predicted octanol–water partition coefficient (Wildman–Crippen LogP) is 0.799. The fraction of sp³-hybridized carbons (Fsp3) is 0.538. The van der Waals surface area contributed by atoms with Crippen molar-refractivity contribution in [3.8, 4) is 5.75 Å². The minimum atomic E-state index is -0.387. The zero-order valence-electron chi connectivity index (χ0n) is 10.6. The molecule has 1 amide bonds. The van der Waals surface area contributed by atoms with Gasteiger partial charge >= 0.3 is 0 Å². The third-order valence-corrected chi connectivity index (χ3v) is 3.15. The Balaban J connectivity index is 1.87. The topological polar surface area (TPSA) is 68.5 Å². The van der Waals surface area contributed by atoms with E-state index in [-0.39, 0.29) is 18.1 Å². The Morgan fingerprint density at radius 3 is 3.22 bits per heavy atom. The first kappa shape index (κ1) is 12.8. The second-order valence-corrected chi connectivity index (χ2v) is 4.52. The van der Waals surface area contributed by atoms with Gasteiger partial charge in [-0.1, -0.05) is 6.92 Å². The summed E-state index contributed by atoms with van der Waals surface area (Å²) in [6.45, 7) is 3.25. The van der Waals surface area contributed by atoms with Gasteiger partial charge in [0.15, 0.2) is 0 Å². The van der Waals surface area contributed by atoms with E-state index in [1.54, 1.807) is 17.3 Å².